The van der Waals surface area contributed by atoms with Gasteiger partial charge >= 0.3 is 11.9 Å². The Morgan fingerprint density at radius 3 is 1.86 bits per heavy atom. The molecular weight excluding hydrogens is 362 g/mol. The van der Waals surface area contributed by atoms with Crippen LogP contribution >= 0.6 is 0 Å². The lowest BCUT2D eigenvalue weighted by Crippen LogP contribution is -2.42. The van der Waals surface area contributed by atoms with Crippen molar-refractivity contribution >= 4 is 11.9 Å². The molecule has 0 aromatic heterocycles. The molecule has 0 heterocycles. The molecule has 1 saturated carbocycles. The average molecular weight is 398 g/mol. The predicted octanol–water partition coefficient (Wildman–Crippen LogP) is 3.30. The summed E-state index contributed by atoms with van der Waals surface area (Å²) >= 11 is 0. The molecule has 1 aliphatic rings. The number of phenols is 1. The molecule has 0 saturated heterocycles. The molecule has 1 fully saturated rings. The number of hydrogen-bond donors (Lipinski definition) is 4. The Labute approximate surface area is 167 Å². The average Bonchev–Trinajstić information content (AvgIpc) is 2.60. The number of carbonyl (C=O) groups is 2. The van der Waals surface area contributed by atoms with Crippen LogP contribution in [0.3, 0.4) is 0 Å². The van der Waals surface area contributed by atoms with Gasteiger partial charge in [0.15, 0.2) is 0 Å². The molecule has 4 N–H and O–H groups in total. The second-order valence-electron chi connectivity index (χ2n) is 7.36. The molecule has 28 heavy (non-hydrogen) atoms. The van der Waals surface area contributed by atoms with Crippen molar-refractivity contribution in [2.45, 2.75) is 63.9 Å². The third-order valence-electron chi connectivity index (χ3n) is 4.76. The van der Waals surface area contributed by atoms with E-state index in [1.807, 2.05) is 26.2 Å². The number of benzene rings is 1. The summed E-state index contributed by atoms with van der Waals surface area (Å²) in [5.74, 6) is -1.76. The highest BCUT2D eigenvalue weighted by molar-refractivity contribution is 5.75. The zero-order valence-corrected chi connectivity index (χ0v) is 16.1. The van der Waals surface area contributed by atoms with Gasteiger partial charge in [-0.15, -0.1) is 0 Å². The van der Waals surface area contributed by atoms with Crippen molar-refractivity contribution < 1.29 is 30.0 Å². The molecule has 1 atom stereocenters. The van der Waals surface area contributed by atoms with Crippen molar-refractivity contribution in [3.63, 3.8) is 0 Å². The monoisotopic (exact) mass is 397 g/mol. The number of nitrogens with zero attached hydrogens (tertiary/aromatic N) is 1. The lowest BCUT2D eigenvalue weighted by Gasteiger charge is -2.40. The Morgan fingerprint density at radius 2 is 1.46 bits per heavy atom. The van der Waals surface area contributed by atoms with Gasteiger partial charge in [-0.25, -0.2) is 0 Å². The minimum absolute atomic E-state index is 0. The van der Waals surface area contributed by atoms with E-state index in [9.17, 15) is 19.8 Å². The lowest BCUT2D eigenvalue weighted by molar-refractivity contribution is -0.143. The highest BCUT2D eigenvalue weighted by atomic mass is 16.4. The van der Waals surface area contributed by atoms with Crippen molar-refractivity contribution in [1.29, 1.82) is 0 Å². The smallest absolute Gasteiger partial charge is 0.303 e. The fraction of sp³-hybridized carbons (Fsp3) is 0.619. The third kappa shape index (κ3) is 9.19. The Balaban J connectivity index is 0.000000694. The Morgan fingerprint density at radius 1 is 1.00 bits per heavy atom. The van der Waals surface area contributed by atoms with Crippen LogP contribution in [-0.2, 0) is 9.59 Å². The van der Waals surface area contributed by atoms with Crippen molar-refractivity contribution in [2.24, 2.45) is 0 Å². The van der Waals surface area contributed by atoms with Crippen LogP contribution < -0.4 is 0 Å². The van der Waals surface area contributed by atoms with Crippen LogP contribution in [0.4, 0.5) is 0 Å². The molecule has 1 unspecified atom stereocenters. The molecule has 1 aliphatic carbocycles. The number of aromatic hydroxyl groups is 1. The maximum atomic E-state index is 11.0. The topological polar surface area (TPSA) is 118 Å². The fourth-order valence-electron chi connectivity index (χ4n) is 3.38. The van der Waals surface area contributed by atoms with E-state index in [4.69, 9.17) is 10.2 Å². The van der Waals surface area contributed by atoms with Crippen LogP contribution in [0, 0.1) is 0 Å². The number of carboxylic acid groups (broad SMARTS) is 2. The molecular formula is C21H35NO6. The molecule has 0 amide bonds. The van der Waals surface area contributed by atoms with Gasteiger partial charge in [0.05, 0.1) is 18.4 Å². The van der Waals surface area contributed by atoms with E-state index in [1.54, 1.807) is 12.1 Å². The molecule has 160 valence electrons. The van der Waals surface area contributed by atoms with E-state index < -0.39 is 17.5 Å². The van der Waals surface area contributed by atoms with E-state index in [0.717, 1.165) is 37.8 Å². The zero-order valence-electron chi connectivity index (χ0n) is 16.1. The Kier molecular flexibility index (Phi) is 11.4. The van der Waals surface area contributed by atoms with Gasteiger partial charge < -0.3 is 25.3 Å². The molecule has 0 bridgehead atoms. The van der Waals surface area contributed by atoms with E-state index in [-0.39, 0.29) is 31.9 Å². The first-order valence-electron chi connectivity index (χ1n) is 9.23. The largest absolute Gasteiger partial charge is 0.508 e. The van der Waals surface area contributed by atoms with Crippen molar-refractivity contribution in [3.8, 4) is 5.75 Å². The van der Waals surface area contributed by atoms with Gasteiger partial charge in [0, 0.05) is 12.5 Å². The van der Waals surface area contributed by atoms with Gasteiger partial charge in [-0.2, -0.15) is 0 Å². The summed E-state index contributed by atoms with van der Waals surface area (Å²) in [5, 5.41) is 36.2. The summed E-state index contributed by atoms with van der Waals surface area (Å²) < 4.78 is 0. The number of carboxylic acids is 2. The summed E-state index contributed by atoms with van der Waals surface area (Å²) in [6.45, 7) is 0.835. The summed E-state index contributed by atoms with van der Waals surface area (Å²) in [5.41, 5.74) is 0.523. The van der Waals surface area contributed by atoms with Crippen LogP contribution in [-0.4, -0.2) is 63.5 Å². The number of aliphatic carboxylic acids is 2. The van der Waals surface area contributed by atoms with Gasteiger partial charge in [0.25, 0.3) is 0 Å². The molecule has 7 nitrogen and oxygen atoms in total. The van der Waals surface area contributed by atoms with E-state index in [1.165, 1.54) is 6.42 Å². The molecule has 0 spiro atoms. The fourth-order valence-corrected chi connectivity index (χ4v) is 3.38. The van der Waals surface area contributed by atoms with E-state index >= 15 is 0 Å². The van der Waals surface area contributed by atoms with Gasteiger partial charge in [-0.1, -0.05) is 38.8 Å². The number of rotatable bonds is 7. The number of hydrogen-bond acceptors (Lipinski definition) is 5. The van der Waals surface area contributed by atoms with Crippen LogP contribution in [0.2, 0.25) is 0 Å². The quantitative estimate of drug-likeness (QED) is 0.557. The molecule has 1 aromatic rings. The summed E-state index contributed by atoms with van der Waals surface area (Å²) in [6.07, 6.45) is 4.62. The highest BCUT2D eigenvalue weighted by Gasteiger charge is 2.38. The first kappa shape index (κ1) is 25.9. The maximum absolute atomic E-state index is 11.0. The molecule has 0 aliphatic heterocycles. The van der Waals surface area contributed by atoms with Gasteiger partial charge in [-0.05, 0) is 44.6 Å². The van der Waals surface area contributed by atoms with Gasteiger partial charge in [-0.3, -0.25) is 9.59 Å². The van der Waals surface area contributed by atoms with Crippen LogP contribution in [0.5, 0.6) is 5.75 Å². The van der Waals surface area contributed by atoms with Crippen molar-refractivity contribution in [1.82, 2.24) is 4.90 Å². The van der Waals surface area contributed by atoms with Gasteiger partial charge in [0.1, 0.15) is 5.75 Å². The Bertz CT molecular complexity index is 579. The Hall–Kier alpha value is -2.12. The number of phenolic OH excluding ortho intramolecular Hbond substituents is 1. The third-order valence-corrected chi connectivity index (χ3v) is 4.76. The normalized spacial score (nSPS) is 16.3. The van der Waals surface area contributed by atoms with Crippen molar-refractivity contribution in [2.75, 3.05) is 20.6 Å². The summed E-state index contributed by atoms with van der Waals surface area (Å²) in [7, 11) is 4.08. The zero-order chi connectivity index (χ0) is 20.4. The minimum atomic E-state index is -1.08. The minimum Gasteiger partial charge on any atom is -0.508 e. The first-order valence-corrected chi connectivity index (χ1v) is 9.23. The van der Waals surface area contributed by atoms with E-state index in [2.05, 4.69) is 4.90 Å². The summed E-state index contributed by atoms with van der Waals surface area (Å²) in [6, 6.07) is 7.31. The van der Waals surface area contributed by atoms with Crippen LogP contribution in [0.15, 0.2) is 24.3 Å². The van der Waals surface area contributed by atoms with Crippen molar-refractivity contribution in [3.05, 3.63) is 29.8 Å². The van der Waals surface area contributed by atoms with Gasteiger partial charge in [0.2, 0.25) is 0 Å². The number of likely N-dealkylation sites (N-methyl/N-ethyl adjacent to an activating group) is 1. The molecule has 0 radical (unpaired) electrons. The molecule has 2 rings (SSSR count). The van der Waals surface area contributed by atoms with Crippen LogP contribution in [0.1, 0.15) is 63.9 Å². The SMILES string of the molecule is C.CN(C)CC(c1ccc(O)cc1)C1(O)CCCCC1.O=C(O)CCC(=O)O. The maximum Gasteiger partial charge on any atom is 0.303 e. The highest BCUT2D eigenvalue weighted by Crippen LogP contribution is 2.40. The molecule has 7 heteroatoms. The molecule has 1 aromatic carbocycles. The second-order valence-corrected chi connectivity index (χ2v) is 7.36. The summed E-state index contributed by atoms with van der Waals surface area (Å²) in [4.78, 5) is 21.4. The first-order chi connectivity index (χ1) is 12.6. The standard InChI is InChI=1S/C16H25NO2.C4H6O4.CH4/c1-17(2)12-15(13-6-8-14(18)9-7-13)16(19)10-4-3-5-11-16;5-3(6)1-2-4(7)8;/h6-9,15,18-19H,3-5,10-12H2,1-2H3;1-2H2,(H,5,6)(H,7,8);1H4. The van der Waals surface area contributed by atoms with Crippen LogP contribution in [0.25, 0.3) is 0 Å². The second kappa shape index (κ2) is 12.4. The van der Waals surface area contributed by atoms with E-state index in [0.29, 0.717) is 0 Å². The lowest BCUT2D eigenvalue weighted by atomic mass is 9.72. The predicted molar refractivity (Wildman–Crippen MR) is 109 cm³/mol. The number of aliphatic hydroxyl groups is 1.